The van der Waals surface area contributed by atoms with E-state index in [1.807, 2.05) is 0 Å². The third-order valence-corrected chi connectivity index (χ3v) is 2.78. The van der Waals surface area contributed by atoms with Crippen molar-refractivity contribution in [2.45, 2.75) is 6.92 Å². The molecule has 0 radical (unpaired) electrons. The first-order valence-electron chi connectivity index (χ1n) is 5.61. The summed E-state index contributed by atoms with van der Waals surface area (Å²) in [5.74, 6) is -0.203. The summed E-state index contributed by atoms with van der Waals surface area (Å²) in [7, 11) is 0. The Bertz CT molecular complexity index is 611. The van der Waals surface area contributed by atoms with Gasteiger partial charge in [0, 0.05) is 10.6 Å². The van der Waals surface area contributed by atoms with E-state index in [2.05, 4.69) is 10.5 Å². The molecular weight excluding hydrogens is 267 g/mol. The van der Waals surface area contributed by atoms with Crippen molar-refractivity contribution >= 4 is 23.0 Å². The van der Waals surface area contributed by atoms with E-state index in [0.717, 1.165) is 0 Å². The van der Waals surface area contributed by atoms with E-state index < -0.39 is 0 Å². The fourth-order valence-corrected chi connectivity index (χ4v) is 1.70. The molecule has 98 valence electrons. The molecule has 0 heterocycles. The van der Waals surface area contributed by atoms with Crippen LogP contribution in [0.3, 0.4) is 0 Å². The van der Waals surface area contributed by atoms with Gasteiger partial charge in [-0.2, -0.15) is 5.10 Å². The molecule has 2 aromatic rings. The number of phenols is 1. The molecule has 19 heavy (non-hydrogen) atoms. The number of nitrogens with one attached hydrogen (secondary N) is 1. The Morgan fingerprint density at radius 1 is 1.21 bits per heavy atom. The molecule has 3 nitrogen and oxygen atoms in total. The summed E-state index contributed by atoms with van der Waals surface area (Å²) < 4.78 is 12.7. The van der Waals surface area contributed by atoms with Crippen molar-refractivity contribution in [1.82, 2.24) is 0 Å². The maximum absolute atomic E-state index is 12.7. The van der Waals surface area contributed by atoms with Crippen molar-refractivity contribution < 1.29 is 9.50 Å². The number of hydrogen-bond donors (Lipinski definition) is 2. The molecule has 0 saturated heterocycles. The SMILES string of the molecule is C/C(=N\Nc1ccc(F)cc1)c1cc(Cl)ccc1O. The zero-order valence-corrected chi connectivity index (χ0v) is 10.9. The topological polar surface area (TPSA) is 44.6 Å². The Labute approximate surface area is 115 Å². The van der Waals surface area contributed by atoms with Gasteiger partial charge in [-0.15, -0.1) is 0 Å². The van der Waals surface area contributed by atoms with Gasteiger partial charge in [-0.25, -0.2) is 4.39 Å². The minimum atomic E-state index is -0.307. The minimum Gasteiger partial charge on any atom is -0.507 e. The molecule has 5 heteroatoms. The van der Waals surface area contributed by atoms with Crippen LogP contribution in [0.1, 0.15) is 12.5 Å². The third-order valence-electron chi connectivity index (χ3n) is 2.55. The van der Waals surface area contributed by atoms with E-state index in [4.69, 9.17) is 11.6 Å². The fraction of sp³-hybridized carbons (Fsp3) is 0.0714. The maximum Gasteiger partial charge on any atom is 0.124 e. The van der Waals surface area contributed by atoms with E-state index in [9.17, 15) is 9.50 Å². The van der Waals surface area contributed by atoms with Crippen molar-refractivity contribution in [3.63, 3.8) is 0 Å². The monoisotopic (exact) mass is 278 g/mol. The highest BCUT2D eigenvalue weighted by molar-refractivity contribution is 6.31. The average molecular weight is 279 g/mol. The van der Waals surface area contributed by atoms with Crippen LogP contribution in [0.4, 0.5) is 10.1 Å². The molecule has 0 aliphatic carbocycles. The molecule has 2 rings (SSSR count). The zero-order chi connectivity index (χ0) is 13.8. The van der Waals surface area contributed by atoms with Gasteiger partial charge >= 0.3 is 0 Å². The van der Waals surface area contributed by atoms with Crippen molar-refractivity contribution in [2.24, 2.45) is 5.10 Å². The first-order chi connectivity index (χ1) is 9.06. The summed E-state index contributed by atoms with van der Waals surface area (Å²) >= 11 is 5.87. The molecule has 0 amide bonds. The lowest BCUT2D eigenvalue weighted by molar-refractivity contribution is 0.474. The van der Waals surface area contributed by atoms with E-state index >= 15 is 0 Å². The molecule has 0 spiro atoms. The maximum atomic E-state index is 12.7. The van der Waals surface area contributed by atoms with E-state index in [1.54, 1.807) is 31.2 Å². The van der Waals surface area contributed by atoms with E-state index in [0.29, 0.717) is 22.0 Å². The number of anilines is 1. The van der Waals surface area contributed by atoms with Gasteiger partial charge < -0.3 is 5.11 Å². The standard InChI is InChI=1S/C14H12ClFN2O/c1-9(13-8-10(15)2-7-14(13)19)17-18-12-5-3-11(16)4-6-12/h2-8,18-19H,1H3/b17-9+. The molecule has 2 N–H and O–H groups in total. The fourth-order valence-electron chi connectivity index (χ4n) is 1.53. The van der Waals surface area contributed by atoms with Gasteiger partial charge in [0.2, 0.25) is 0 Å². The number of benzene rings is 2. The number of phenolic OH excluding ortho intramolecular Hbond substituents is 1. The van der Waals surface area contributed by atoms with Gasteiger partial charge in [0.25, 0.3) is 0 Å². The predicted octanol–water partition coefficient (Wildman–Crippen LogP) is 4.02. The van der Waals surface area contributed by atoms with Gasteiger partial charge in [0.05, 0.1) is 11.4 Å². The predicted molar refractivity (Wildman–Crippen MR) is 75.4 cm³/mol. The van der Waals surface area contributed by atoms with Crippen LogP contribution < -0.4 is 5.43 Å². The second kappa shape index (κ2) is 5.71. The highest BCUT2D eigenvalue weighted by Crippen LogP contribution is 2.22. The van der Waals surface area contributed by atoms with Crippen LogP contribution in [0.15, 0.2) is 47.6 Å². The minimum absolute atomic E-state index is 0.103. The van der Waals surface area contributed by atoms with Crippen LogP contribution in [0.5, 0.6) is 5.75 Å². The van der Waals surface area contributed by atoms with Crippen LogP contribution in [0, 0.1) is 5.82 Å². The Kier molecular flexibility index (Phi) is 4.02. The zero-order valence-electron chi connectivity index (χ0n) is 10.2. The van der Waals surface area contributed by atoms with Crippen LogP contribution in [-0.4, -0.2) is 10.8 Å². The molecule has 0 unspecified atom stereocenters. The van der Waals surface area contributed by atoms with E-state index in [1.165, 1.54) is 18.2 Å². The number of aromatic hydroxyl groups is 1. The molecule has 0 bridgehead atoms. The summed E-state index contributed by atoms with van der Waals surface area (Å²) in [5.41, 5.74) is 4.56. The van der Waals surface area contributed by atoms with Gasteiger partial charge in [0.15, 0.2) is 0 Å². The number of hydrazone groups is 1. The summed E-state index contributed by atoms with van der Waals surface area (Å²) in [6, 6.07) is 10.6. The molecule has 0 fully saturated rings. The summed E-state index contributed by atoms with van der Waals surface area (Å²) in [6.07, 6.45) is 0. The second-order valence-corrected chi connectivity index (χ2v) is 4.41. The van der Waals surface area contributed by atoms with Gasteiger partial charge in [0.1, 0.15) is 11.6 Å². The molecule has 0 saturated carbocycles. The molecule has 0 aliphatic heterocycles. The van der Waals surface area contributed by atoms with Gasteiger partial charge in [-0.3, -0.25) is 5.43 Å². The largest absolute Gasteiger partial charge is 0.507 e. The second-order valence-electron chi connectivity index (χ2n) is 3.98. The van der Waals surface area contributed by atoms with Gasteiger partial charge in [-0.1, -0.05) is 11.6 Å². The number of rotatable bonds is 3. The number of nitrogens with zero attached hydrogens (tertiary/aromatic N) is 1. The smallest absolute Gasteiger partial charge is 0.124 e. The normalized spacial score (nSPS) is 11.4. The van der Waals surface area contributed by atoms with E-state index in [-0.39, 0.29) is 11.6 Å². The lowest BCUT2D eigenvalue weighted by Gasteiger charge is -2.06. The Hall–Kier alpha value is -2.07. The number of halogens is 2. The summed E-state index contributed by atoms with van der Waals surface area (Å²) in [4.78, 5) is 0. The Morgan fingerprint density at radius 2 is 1.89 bits per heavy atom. The molecule has 0 aromatic heterocycles. The van der Waals surface area contributed by atoms with Crippen LogP contribution in [0.2, 0.25) is 5.02 Å². The summed E-state index contributed by atoms with van der Waals surface area (Å²) in [6.45, 7) is 1.74. The van der Waals surface area contributed by atoms with Crippen LogP contribution >= 0.6 is 11.6 Å². The molecule has 2 aromatic carbocycles. The average Bonchev–Trinajstić information content (AvgIpc) is 2.40. The van der Waals surface area contributed by atoms with Crippen molar-refractivity contribution in [2.75, 3.05) is 5.43 Å². The lowest BCUT2D eigenvalue weighted by Crippen LogP contribution is -2.00. The first-order valence-corrected chi connectivity index (χ1v) is 5.99. The Morgan fingerprint density at radius 3 is 2.58 bits per heavy atom. The molecule has 0 aliphatic rings. The van der Waals surface area contributed by atoms with Crippen molar-refractivity contribution in [3.05, 3.63) is 58.9 Å². The molecule has 0 atom stereocenters. The van der Waals surface area contributed by atoms with Crippen molar-refractivity contribution in [1.29, 1.82) is 0 Å². The summed E-state index contributed by atoms with van der Waals surface area (Å²) in [5, 5.41) is 14.4. The van der Waals surface area contributed by atoms with Crippen LogP contribution in [-0.2, 0) is 0 Å². The third kappa shape index (κ3) is 3.45. The number of hydrogen-bond acceptors (Lipinski definition) is 3. The lowest BCUT2D eigenvalue weighted by atomic mass is 10.1. The first kappa shape index (κ1) is 13.4. The molecular formula is C14H12ClFN2O. The van der Waals surface area contributed by atoms with Gasteiger partial charge in [-0.05, 0) is 49.4 Å². The quantitative estimate of drug-likeness (QED) is 0.658. The van der Waals surface area contributed by atoms with Crippen LogP contribution in [0.25, 0.3) is 0 Å². The Balaban J connectivity index is 2.19. The highest BCUT2D eigenvalue weighted by atomic mass is 35.5. The highest BCUT2D eigenvalue weighted by Gasteiger charge is 2.05. The van der Waals surface area contributed by atoms with Crippen molar-refractivity contribution in [3.8, 4) is 5.75 Å².